The minimum Gasteiger partial charge on any atom is -0.493 e. The number of nitrogens with one attached hydrogen (secondary N) is 1. The van der Waals surface area contributed by atoms with Crippen LogP contribution in [0.4, 0.5) is 20.3 Å². The van der Waals surface area contributed by atoms with Gasteiger partial charge in [0.25, 0.3) is 0 Å². The van der Waals surface area contributed by atoms with Gasteiger partial charge in [0.05, 0.1) is 24.3 Å². The van der Waals surface area contributed by atoms with Crippen LogP contribution in [-0.4, -0.2) is 54.4 Å². The molecule has 6 nitrogen and oxygen atoms in total. The van der Waals surface area contributed by atoms with E-state index in [-0.39, 0.29) is 5.02 Å². The predicted molar refractivity (Wildman–Crippen MR) is 117 cm³/mol. The van der Waals surface area contributed by atoms with Gasteiger partial charge in [0, 0.05) is 36.8 Å². The van der Waals surface area contributed by atoms with E-state index >= 15 is 0 Å². The summed E-state index contributed by atoms with van der Waals surface area (Å²) in [5, 5.41) is 3.89. The van der Waals surface area contributed by atoms with Crippen molar-refractivity contribution in [3.8, 4) is 11.5 Å². The monoisotopic (exact) mass is 448 g/mol. The molecule has 0 spiro atoms. The van der Waals surface area contributed by atoms with E-state index in [4.69, 9.17) is 21.1 Å². The molecular formula is C22H23ClF2N4O2. The Balaban J connectivity index is 1.51. The molecule has 9 heteroatoms. The number of hydrogen-bond donors (Lipinski definition) is 1. The van der Waals surface area contributed by atoms with Gasteiger partial charge in [-0.05, 0) is 37.1 Å². The first-order valence-corrected chi connectivity index (χ1v) is 10.5. The van der Waals surface area contributed by atoms with Gasteiger partial charge in [-0.1, -0.05) is 11.6 Å². The van der Waals surface area contributed by atoms with Gasteiger partial charge in [0.1, 0.15) is 24.1 Å². The Labute approximate surface area is 184 Å². The first-order valence-electron chi connectivity index (χ1n) is 10.1. The molecule has 1 fully saturated rings. The van der Waals surface area contributed by atoms with E-state index in [9.17, 15) is 8.78 Å². The molecule has 0 amide bonds. The number of halogens is 3. The Morgan fingerprint density at radius 2 is 2.10 bits per heavy atom. The van der Waals surface area contributed by atoms with Crippen molar-refractivity contribution in [2.75, 3.05) is 38.7 Å². The van der Waals surface area contributed by atoms with Crippen LogP contribution in [0, 0.1) is 5.82 Å². The standard InChI is InChI=1S/C22H23ClF2N4O2/c1-30-20-11-19-16(10-21(20)31-8-2-6-29-7-5-14(24)12-29)22(27-13-26-19)28-15-3-4-18(25)17(23)9-15/h3-4,9-11,13-14H,2,5-8,12H2,1H3,(H,26,27,28)/t14-/m1/s1. The van der Waals surface area contributed by atoms with Crippen molar-refractivity contribution in [2.24, 2.45) is 0 Å². The minimum absolute atomic E-state index is 0.0196. The molecular weight excluding hydrogens is 426 g/mol. The van der Waals surface area contributed by atoms with Crippen molar-refractivity contribution in [3.05, 3.63) is 47.5 Å². The smallest absolute Gasteiger partial charge is 0.162 e. The number of fused-ring (bicyclic) bond motifs is 1. The molecule has 4 rings (SSSR count). The lowest BCUT2D eigenvalue weighted by molar-refractivity contribution is 0.243. The summed E-state index contributed by atoms with van der Waals surface area (Å²) in [5.41, 5.74) is 1.27. The van der Waals surface area contributed by atoms with Gasteiger partial charge < -0.3 is 19.7 Å². The fourth-order valence-corrected chi connectivity index (χ4v) is 3.79. The third kappa shape index (κ3) is 5.14. The van der Waals surface area contributed by atoms with Gasteiger partial charge in [-0.3, -0.25) is 0 Å². The molecule has 1 saturated heterocycles. The SMILES string of the molecule is COc1cc2ncnc(Nc3ccc(F)c(Cl)c3)c2cc1OCCCN1CC[C@@H](F)C1. The Bertz CT molecular complexity index is 1070. The summed E-state index contributed by atoms with van der Waals surface area (Å²) in [7, 11) is 1.57. The summed E-state index contributed by atoms with van der Waals surface area (Å²) in [6, 6.07) is 7.96. The number of aromatic nitrogens is 2. The third-order valence-corrected chi connectivity index (χ3v) is 5.48. The molecule has 0 unspecified atom stereocenters. The zero-order chi connectivity index (χ0) is 21.8. The fraction of sp³-hybridized carbons (Fsp3) is 0.364. The van der Waals surface area contributed by atoms with Crippen LogP contribution in [0.1, 0.15) is 12.8 Å². The molecule has 1 atom stereocenters. The van der Waals surface area contributed by atoms with Crippen LogP contribution >= 0.6 is 11.6 Å². The normalized spacial score (nSPS) is 16.6. The Kier molecular flexibility index (Phi) is 6.67. The second kappa shape index (κ2) is 9.62. The van der Waals surface area contributed by atoms with Gasteiger partial charge in [-0.2, -0.15) is 0 Å². The van der Waals surface area contributed by atoms with Gasteiger partial charge in [0.15, 0.2) is 11.5 Å². The van der Waals surface area contributed by atoms with E-state index in [0.717, 1.165) is 24.9 Å². The molecule has 0 radical (unpaired) electrons. The topological polar surface area (TPSA) is 59.5 Å². The summed E-state index contributed by atoms with van der Waals surface area (Å²) in [4.78, 5) is 10.7. The Morgan fingerprint density at radius 3 is 2.84 bits per heavy atom. The highest BCUT2D eigenvalue weighted by molar-refractivity contribution is 6.31. The summed E-state index contributed by atoms with van der Waals surface area (Å²) >= 11 is 5.88. The van der Waals surface area contributed by atoms with Gasteiger partial charge >= 0.3 is 0 Å². The lowest BCUT2D eigenvalue weighted by Gasteiger charge is -2.16. The van der Waals surface area contributed by atoms with E-state index < -0.39 is 12.0 Å². The number of likely N-dealkylation sites (tertiary alicyclic amines) is 1. The van der Waals surface area contributed by atoms with Gasteiger partial charge in [0.2, 0.25) is 0 Å². The molecule has 1 N–H and O–H groups in total. The lowest BCUT2D eigenvalue weighted by atomic mass is 10.2. The van der Waals surface area contributed by atoms with Crippen LogP contribution in [0.3, 0.4) is 0 Å². The number of methoxy groups -OCH3 is 1. The molecule has 1 aromatic heterocycles. The second-order valence-electron chi connectivity index (χ2n) is 7.38. The Morgan fingerprint density at radius 1 is 1.23 bits per heavy atom. The molecule has 0 aliphatic carbocycles. The van der Waals surface area contributed by atoms with Crippen molar-refractivity contribution < 1.29 is 18.3 Å². The predicted octanol–water partition coefficient (Wildman–Crippen LogP) is 4.99. The van der Waals surface area contributed by atoms with Crippen LogP contribution in [0.2, 0.25) is 5.02 Å². The van der Waals surface area contributed by atoms with E-state index in [2.05, 4.69) is 20.2 Å². The second-order valence-corrected chi connectivity index (χ2v) is 7.79. The van der Waals surface area contributed by atoms with Crippen molar-refractivity contribution in [1.29, 1.82) is 0 Å². The van der Waals surface area contributed by atoms with E-state index in [1.54, 1.807) is 19.2 Å². The third-order valence-electron chi connectivity index (χ3n) is 5.19. The van der Waals surface area contributed by atoms with Gasteiger partial charge in [-0.15, -0.1) is 0 Å². The molecule has 1 aliphatic heterocycles. The average Bonchev–Trinajstić information content (AvgIpc) is 3.18. The molecule has 164 valence electrons. The van der Waals surface area contributed by atoms with Gasteiger partial charge in [-0.25, -0.2) is 18.7 Å². The van der Waals surface area contributed by atoms with Crippen molar-refractivity contribution in [1.82, 2.24) is 14.9 Å². The number of ether oxygens (including phenoxy) is 2. The molecule has 31 heavy (non-hydrogen) atoms. The van der Waals surface area contributed by atoms with E-state index in [1.165, 1.54) is 18.5 Å². The lowest BCUT2D eigenvalue weighted by Crippen LogP contribution is -2.23. The highest BCUT2D eigenvalue weighted by Crippen LogP contribution is 2.35. The number of benzene rings is 2. The number of anilines is 2. The summed E-state index contributed by atoms with van der Waals surface area (Å²) in [5.74, 6) is 1.17. The number of rotatable bonds is 8. The van der Waals surface area contributed by atoms with Crippen LogP contribution in [-0.2, 0) is 0 Å². The fourth-order valence-electron chi connectivity index (χ4n) is 3.61. The first kappa shape index (κ1) is 21.5. The van der Waals surface area contributed by atoms with Crippen molar-refractivity contribution in [3.63, 3.8) is 0 Å². The number of hydrogen-bond acceptors (Lipinski definition) is 6. The summed E-state index contributed by atoms with van der Waals surface area (Å²) < 4.78 is 38.2. The number of alkyl halides is 1. The van der Waals surface area contributed by atoms with Crippen molar-refractivity contribution in [2.45, 2.75) is 19.0 Å². The first-order chi connectivity index (χ1) is 15.0. The zero-order valence-corrected chi connectivity index (χ0v) is 17.8. The molecule has 2 heterocycles. The molecule has 1 aliphatic rings. The largest absolute Gasteiger partial charge is 0.493 e. The maximum atomic E-state index is 13.5. The van der Waals surface area contributed by atoms with Crippen LogP contribution in [0.5, 0.6) is 11.5 Å². The molecule has 0 bridgehead atoms. The summed E-state index contributed by atoms with van der Waals surface area (Å²) in [6.07, 6.45) is 2.10. The van der Waals surface area contributed by atoms with Crippen LogP contribution in [0.15, 0.2) is 36.7 Å². The van der Waals surface area contributed by atoms with Crippen LogP contribution in [0.25, 0.3) is 10.9 Å². The summed E-state index contributed by atoms with van der Waals surface area (Å²) in [6.45, 7) is 2.55. The van der Waals surface area contributed by atoms with Crippen LogP contribution < -0.4 is 14.8 Å². The maximum Gasteiger partial charge on any atom is 0.162 e. The maximum absolute atomic E-state index is 13.5. The molecule has 0 saturated carbocycles. The quantitative estimate of drug-likeness (QED) is 0.490. The van der Waals surface area contributed by atoms with E-state index in [0.29, 0.717) is 48.1 Å². The molecule has 2 aromatic carbocycles. The Hall–Kier alpha value is -2.71. The van der Waals surface area contributed by atoms with E-state index in [1.807, 2.05) is 6.07 Å². The average molecular weight is 449 g/mol. The minimum atomic E-state index is -0.719. The highest BCUT2D eigenvalue weighted by Gasteiger charge is 2.21. The van der Waals surface area contributed by atoms with Crippen molar-refractivity contribution >= 4 is 34.0 Å². The highest BCUT2D eigenvalue weighted by atomic mass is 35.5. The molecule has 3 aromatic rings. The zero-order valence-electron chi connectivity index (χ0n) is 17.1. The number of nitrogens with zero attached hydrogens (tertiary/aromatic N) is 3.